The van der Waals surface area contributed by atoms with Crippen LogP contribution in [0.5, 0.6) is 0 Å². The molecule has 0 unspecified atom stereocenters. The molecule has 1 aliphatic heterocycles. The van der Waals surface area contributed by atoms with E-state index in [1.165, 1.54) is 27.0 Å². The number of primary amides is 1. The SMILES string of the molecule is Cc1sc(NC(=O)C2CCN(S(=O)(=O)c3cccs3)CC2)c(C(N)=O)c1-c1ccccc1. The number of nitrogens with one attached hydrogen (secondary N) is 1. The Morgan fingerprint density at radius 1 is 1.09 bits per heavy atom. The van der Waals surface area contributed by atoms with E-state index in [0.29, 0.717) is 27.6 Å². The largest absolute Gasteiger partial charge is 0.365 e. The lowest BCUT2D eigenvalue weighted by Crippen LogP contribution is -2.41. The Balaban J connectivity index is 1.49. The van der Waals surface area contributed by atoms with E-state index >= 15 is 0 Å². The molecule has 32 heavy (non-hydrogen) atoms. The van der Waals surface area contributed by atoms with Crippen LogP contribution in [0.1, 0.15) is 28.1 Å². The number of amides is 2. The van der Waals surface area contributed by atoms with Gasteiger partial charge in [0.05, 0.1) is 5.56 Å². The van der Waals surface area contributed by atoms with Gasteiger partial charge in [-0.05, 0) is 36.8 Å². The third kappa shape index (κ3) is 4.36. The van der Waals surface area contributed by atoms with Gasteiger partial charge in [-0.3, -0.25) is 9.59 Å². The van der Waals surface area contributed by atoms with Crippen molar-refractivity contribution in [2.45, 2.75) is 24.0 Å². The van der Waals surface area contributed by atoms with E-state index < -0.39 is 15.9 Å². The van der Waals surface area contributed by atoms with Gasteiger partial charge in [0.2, 0.25) is 5.91 Å². The standard InChI is InChI=1S/C22H23N3O4S3/c1-14-18(15-6-3-2-4-7-15)19(20(23)26)22(31-14)24-21(27)16-9-11-25(12-10-16)32(28,29)17-8-5-13-30-17/h2-8,13,16H,9-12H2,1H3,(H2,23,26)(H,24,27). The third-order valence-electron chi connectivity index (χ3n) is 5.54. The summed E-state index contributed by atoms with van der Waals surface area (Å²) in [5.41, 5.74) is 7.58. The maximum Gasteiger partial charge on any atom is 0.252 e. The number of sulfonamides is 1. The first-order chi connectivity index (χ1) is 15.3. The molecule has 0 saturated carbocycles. The topological polar surface area (TPSA) is 110 Å². The zero-order valence-corrected chi connectivity index (χ0v) is 19.9. The number of nitrogens with two attached hydrogens (primary N) is 1. The molecule has 0 aliphatic carbocycles. The quantitative estimate of drug-likeness (QED) is 0.547. The van der Waals surface area contributed by atoms with Crippen molar-refractivity contribution in [2.24, 2.45) is 11.7 Å². The molecular formula is C22H23N3O4S3. The Labute approximate surface area is 194 Å². The molecule has 4 rings (SSSR count). The molecule has 1 saturated heterocycles. The van der Waals surface area contributed by atoms with Gasteiger partial charge in [0.1, 0.15) is 9.21 Å². The van der Waals surface area contributed by atoms with Crippen LogP contribution in [-0.2, 0) is 14.8 Å². The summed E-state index contributed by atoms with van der Waals surface area (Å²) in [6.07, 6.45) is 0.830. The van der Waals surface area contributed by atoms with Gasteiger partial charge in [0.15, 0.2) is 0 Å². The second kappa shape index (κ2) is 9.14. The first-order valence-electron chi connectivity index (χ1n) is 10.1. The second-order valence-electron chi connectivity index (χ2n) is 7.57. The van der Waals surface area contributed by atoms with Crippen molar-refractivity contribution in [3.8, 4) is 11.1 Å². The summed E-state index contributed by atoms with van der Waals surface area (Å²) >= 11 is 2.51. The van der Waals surface area contributed by atoms with Crippen LogP contribution in [-0.4, -0.2) is 37.6 Å². The van der Waals surface area contributed by atoms with Crippen molar-refractivity contribution in [1.29, 1.82) is 0 Å². The first-order valence-corrected chi connectivity index (χ1v) is 13.3. The van der Waals surface area contributed by atoms with Gasteiger partial charge in [-0.1, -0.05) is 36.4 Å². The van der Waals surface area contributed by atoms with Gasteiger partial charge >= 0.3 is 0 Å². The van der Waals surface area contributed by atoms with E-state index in [9.17, 15) is 18.0 Å². The van der Waals surface area contributed by atoms with Crippen LogP contribution in [0.3, 0.4) is 0 Å². The minimum absolute atomic E-state index is 0.221. The number of hydrogen-bond donors (Lipinski definition) is 2. The molecule has 3 heterocycles. The van der Waals surface area contributed by atoms with E-state index in [1.54, 1.807) is 17.5 Å². The van der Waals surface area contributed by atoms with Crippen molar-refractivity contribution >= 4 is 49.5 Å². The summed E-state index contributed by atoms with van der Waals surface area (Å²) in [5, 5.41) is 5.06. The number of carbonyl (C=O) groups excluding carboxylic acids is 2. The van der Waals surface area contributed by atoms with Gasteiger partial charge in [0, 0.05) is 29.4 Å². The summed E-state index contributed by atoms with van der Waals surface area (Å²) in [7, 11) is -3.52. The van der Waals surface area contributed by atoms with Crippen LogP contribution in [0.25, 0.3) is 11.1 Å². The minimum Gasteiger partial charge on any atom is -0.365 e. The molecule has 1 aromatic carbocycles. The van der Waals surface area contributed by atoms with Gasteiger partial charge in [0.25, 0.3) is 15.9 Å². The number of carbonyl (C=O) groups is 2. The summed E-state index contributed by atoms with van der Waals surface area (Å²) in [6, 6.07) is 12.8. The monoisotopic (exact) mass is 489 g/mol. The van der Waals surface area contributed by atoms with Crippen molar-refractivity contribution in [3.05, 3.63) is 58.3 Å². The highest BCUT2D eigenvalue weighted by Gasteiger charge is 2.33. The van der Waals surface area contributed by atoms with Crippen LogP contribution in [0.4, 0.5) is 5.00 Å². The fraction of sp³-hybridized carbons (Fsp3) is 0.273. The highest BCUT2D eigenvalue weighted by atomic mass is 32.2. The molecule has 3 N–H and O–H groups in total. The van der Waals surface area contributed by atoms with E-state index in [4.69, 9.17) is 5.73 Å². The summed E-state index contributed by atoms with van der Waals surface area (Å²) < 4.78 is 27.1. The Morgan fingerprint density at radius 3 is 2.38 bits per heavy atom. The van der Waals surface area contributed by atoms with Crippen molar-refractivity contribution in [1.82, 2.24) is 4.31 Å². The highest BCUT2D eigenvalue weighted by molar-refractivity contribution is 7.91. The maximum absolute atomic E-state index is 13.0. The lowest BCUT2D eigenvalue weighted by atomic mass is 9.97. The van der Waals surface area contributed by atoms with Crippen LogP contribution in [0, 0.1) is 12.8 Å². The Kier molecular flexibility index (Phi) is 6.47. The number of nitrogens with zero attached hydrogens (tertiary/aromatic N) is 1. The molecule has 2 amide bonds. The molecule has 168 valence electrons. The molecule has 1 aliphatic rings. The van der Waals surface area contributed by atoms with E-state index in [2.05, 4.69) is 5.32 Å². The second-order valence-corrected chi connectivity index (χ2v) is 11.9. The van der Waals surface area contributed by atoms with Crippen LogP contribution >= 0.6 is 22.7 Å². The highest BCUT2D eigenvalue weighted by Crippen LogP contribution is 2.40. The average Bonchev–Trinajstić information content (AvgIpc) is 3.43. The molecular weight excluding hydrogens is 466 g/mol. The average molecular weight is 490 g/mol. The van der Waals surface area contributed by atoms with Gasteiger partial charge in [-0.25, -0.2) is 8.42 Å². The Hall–Kier alpha value is -2.53. The number of piperidine rings is 1. The maximum atomic E-state index is 13.0. The first kappa shape index (κ1) is 22.7. The smallest absolute Gasteiger partial charge is 0.252 e. The number of hydrogen-bond acceptors (Lipinski definition) is 6. The molecule has 0 radical (unpaired) electrons. The zero-order chi connectivity index (χ0) is 22.9. The number of anilines is 1. The molecule has 7 nitrogen and oxygen atoms in total. The molecule has 2 aromatic heterocycles. The van der Waals surface area contributed by atoms with Crippen LogP contribution in [0.2, 0.25) is 0 Å². The van der Waals surface area contributed by atoms with E-state index in [1.807, 2.05) is 37.3 Å². The fourth-order valence-corrected chi connectivity index (χ4v) is 7.63. The molecule has 3 aromatic rings. The summed E-state index contributed by atoms with van der Waals surface area (Å²) in [5.74, 6) is -1.16. The third-order valence-corrected chi connectivity index (χ3v) is 9.84. The van der Waals surface area contributed by atoms with Crippen molar-refractivity contribution in [3.63, 3.8) is 0 Å². The number of benzene rings is 1. The molecule has 0 spiro atoms. The Morgan fingerprint density at radius 2 is 1.78 bits per heavy atom. The lowest BCUT2D eigenvalue weighted by Gasteiger charge is -2.30. The number of aryl methyl sites for hydroxylation is 1. The van der Waals surface area contributed by atoms with Gasteiger partial charge < -0.3 is 11.1 Å². The molecule has 10 heteroatoms. The molecule has 1 fully saturated rings. The number of rotatable bonds is 6. The predicted molar refractivity (Wildman–Crippen MR) is 127 cm³/mol. The summed E-state index contributed by atoms with van der Waals surface area (Å²) in [4.78, 5) is 26.1. The van der Waals surface area contributed by atoms with Crippen molar-refractivity contribution < 1.29 is 18.0 Å². The Bertz CT molecular complexity index is 1230. The van der Waals surface area contributed by atoms with Crippen LogP contribution < -0.4 is 11.1 Å². The minimum atomic E-state index is -3.52. The summed E-state index contributed by atoms with van der Waals surface area (Å²) in [6.45, 7) is 2.45. The van der Waals surface area contributed by atoms with Crippen LogP contribution in [0.15, 0.2) is 52.1 Å². The normalized spacial score (nSPS) is 15.5. The molecule has 0 bridgehead atoms. The van der Waals surface area contributed by atoms with E-state index in [0.717, 1.165) is 16.0 Å². The van der Waals surface area contributed by atoms with Crippen molar-refractivity contribution in [2.75, 3.05) is 18.4 Å². The van der Waals surface area contributed by atoms with Gasteiger partial charge in [-0.2, -0.15) is 4.31 Å². The predicted octanol–water partition coefficient (Wildman–Crippen LogP) is 3.92. The van der Waals surface area contributed by atoms with E-state index in [-0.39, 0.29) is 24.9 Å². The zero-order valence-electron chi connectivity index (χ0n) is 17.4. The molecule has 0 atom stereocenters. The number of thiophene rings is 2. The lowest BCUT2D eigenvalue weighted by molar-refractivity contribution is -0.120. The fourth-order valence-electron chi connectivity index (χ4n) is 3.93. The van der Waals surface area contributed by atoms with Gasteiger partial charge in [-0.15, -0.1) is 22.7 Å².